The second kappa shape index (κ2) is 3.91. The summed E-state index contributed by atoms with van der Waals surface area (Å²) in [5.74, 6) is -0.884. The Morgan fingerprint density at radius 2 is 1.89 bits per heavy atom. The van der Waals surface area contributed by atoms with E-state index in [9.17, 15) is 14.4 Å². The van der Waals surface area contributed by atoms with Crippen LogP contribution in [0.5, 0.6) is 0 Å². The van der Waals surface area contributed by atoms with Crippen molar-refractivity contribution in [3.8, 4) is 0 Å². The number of imide groups is 1. The maximum Gasteiger partial charge on any atom is 0.336 e. The molecule has 1 aromatic heterocycles. The van der Waals surface area contributed by atoms with Crippen LogP contribution < -0.4 is 10.9 Å². The zero-order chi connectivity index (χ0) is 13.6. The molecule has 0 saturated heterocycles. The van der Waals surface area contributed by atoms with Crippen LogP contribution in [0.3, 0.4) is 0 Å². The number of fused-ring (bicyclic) bond motifs is 1. The molecule has 2 heterocycles. The van der Waals surface area contributed by atoms with Crippen molar-refractivity contribution in [2.75, 3.05) is 0 Å². The van der Waals surface area contributed by atoms with Gasteiger partial charge >= 0.3 is 5.63 Å². The predicted molar refractivity (Wildman–Crippen MR) is 68.3 cm³/mol. The van der Waals surface area contributed by atoms with E-state index in [1.807, 2.05) is 6.92 Å². The van der Waals surface area contributed by atoms with Crippen molar-refractivity contribution in [3.63, 3.8) is 0 Å². The second-order valence-electron chi connectivity index (χ2n) is 4.34. The van der Waals surface area contributed by atoms with Gasteiger partial charge in [0.25, 0.3) is 11.8 Å². The van der Waals surface area contributed by atoms with Crippen molar-refractivity contribution in [1.82, 2.24) is 5.32 Å². The summed E-state index contributed by atoms with van der Waals surface area (Å²) in [6, 6.07) is 6.49. The number of carbonyl (C=O) groups is 2. The zero-order valence-electron chi connectivity index (χ0n) is 10.0. The van der Waals surface area contributed by atoms with Crippen LogP contribution in [-0.2, 0) is 9.59 Å². The monoisotopic (exact) mass is 255 g/mol. The number of hydrogen-bond donors (Lipinski definition) is 1. The topological polar surface area (TPSA) is 76.4 Å². The summed E-state index contributed by atoms with van der Waals surface area (Å²) in [5, 5.41) is 2.97. The van der Waals surface area contributed by atoms with Gasteiger partial charge < -0.3 is 4.42 Å². The molecule has 0 unspecified atom stereocenters. The lowest BCUT2D eigenvalue weighted by atomic mass is 10.0. The lowest BCUT2D eigenvalue weighted by Crippen LogP contribution is -2.21. The SMILES string of the molecule is Cc1cc(=O)oc2cc(C3=CC(=O)NC3=O)ccc12. The van der Waals surface area contributed by atoms with E-state index >= 15 is 0 Å². The summed E-state index contributed by atoms with van der Waals surface area (Å²) in [6.07, 6.45) is 1.23. The summed E-state index contributed by atoms with van der Waals surface area (Å²) in [5.41, 5.74) is 1.58. The number of hydrogen-bond acceptors (Lipinski definition) is 4. The van der Waals surface area contributed by atoms with Gasteiger partial charge in [-0.15, -0.1) is 0 Å². The number of nitrogens with one attached hydrogen (secondary N) is 1. The first-order valence-electron chi connectivity index (χ1n) is 5.66. The van der Waals surface area contributed by atoms with Gasteiger partial charge in [0.05, 0.1) is 5.57 Å². The second-order valence-corrected chi connectivity index (χ2v) is 4.34. The lowest BCUT2D eigenvalue weighted by Gasteiger charge is -2.04. The van der Waals surface area contributed by atoms with E-state index in [4.69, 9.17) is 4.42 Å². The highest BCUT2D eigenvalue weighted by Crippen LogP contribution is 2.24. The summed E-state index contributed by atoms with van der Waals surface area (Å²) >= 11 is 0. The van der Waals surface area contributed by atoms with Crippen LogP contribution >= 0.6 is 0 Å². The molecule has 0 bridgehead atoms. The largest absolute Gasteiger partial charge is 0.423 e. The molecule has 1 aliphatic heterocycles. The van der Waals surface area contributed by atoms with E-state index in [0.717, 1.165) is 10.9 Å². The van der Waals surface area contributed by atoms with Crippen LogP contribution in [0.4, 0.5) is 0 Å². The molecule has 0 aliphatic carbocycles. The summed E-state index contributed by atoms with van der Waals surface area (Å²) in [6.45, 7) is 1.81. The number of carbonyl (C=O) groups excluding carboxylic acids is 2. The van der Waals surface area contributed by atoms with E-state index in [-0.39, 0.29) is 5.57 Å². The molecule has 2 amide bonds. The molecule has 0 spiro atoms. The highest BCUT2D eigenvalue weighted by Gasteiger charge is 2.22. The van der Waals surface area contributed by atoms with Crippen molar-refractivity contribution >= 4 is 28.4 Å². The van der Waals surface area contributed by atoms with E-state index in [1.165, 1.54) is 12.1 Å². The average Bonchev–Trinajstić information content (AvgIpc) is 2.67. The highest BCUT2D eigenvalue weighted by molar-refractivity contribution is 6.33. The predicted octanol–water partition coefficient (Wildman–Crippen LogP) is 1.14. The van der Waals surface area contributed by atoms with E-state index in [1.54, 1.807) is 18.2 Å². The number of benzene rings is 1. The molecule has 1 aliphatic rings. The third kappa shape index (κ3) is 1.85. The van der Waals surface area contributed by atoms with Gasteiger partial charge in [-0.25, -0.2) is 4.79 Å². The van der Waals surface area contributed by atoms with Crippen LogP contribution in [0.25, 0.3) is 16.5 Å². The molecule has 1 N–H and O–H groups in total. The minimum atomic E-state index is -0.445. The fraction of sp³-hybridized carbons (Fsp3) is 0.0714. The van der Waals surface area contributed by atoms with Gasteiger partial charge in [-0.05, 0) is 24.1 Å². The first kappa shape index (κ1) is 11.4. The zero-order valence-corrected chi connectivity index (χ0v) is 10.0. The molecule has 0 saturated carbocycles. The Morgan fingerprint density at radius 1 is 1.11 bits per heavy atom. The van der Waals surface area contributed by atoms with Gasteiger partial charge in [0, 0.05) is 17.5 Å². The molecule has 0 radical (unpaired) electrons. The smallest absolute Gasteiger partial charge is 0.336 e. The molecule has 19 heavy (non-hydrogen) atoms. The molecule has 3 rings (SSSR count). The molecular weight excluding hydrogens is 246 g/mol. The average molecular weight is 255 g/mol. The first-order valence-corrected chi connectivity index (χ1v) is 5.66. The van der Waals surface area contributed by atoms with Gasteiger partial charge in [0.2, 0.25) is 0 Å². The summed E-state index contributed by atoms with van der Waals surface area (Å²) in [4.78, 5) is 34.0. The summed E-state index contributed by atoms with van der Waals surface area (Å²) < 4.78 is 5.11. The van der Waals surface area contributed by atoms with Crippen LogP contribution in [0.2, 0.25) is 0 Å². The van der Waals surface area contributed by atoms with E-state index in [0.29, 0.717) is 11.1 Å². The minimum Gasteiger partial charge on any atom is -0.423 e. The Balaban J connectivity index is 2.23. The summed E-state index contributed by atoms with van der Waals surface area (Å²) in [7, 11) is 0. The Morgan fingerprint density at radius 3 is 2.58 bits per heavy atom. The lowest BCUT2D eigenvalue weighted by molar-refractivity contribution is -0.123. The maximum atomic E-state index is 11.6. The molecule has 0 fully saturated rings. The normalized spacial score (nSPS) is 14.7. The Hall–Kier alpha value is -2.69. The number of rotatable bonds is 1. The van der Waals surface area contributed by atoms with Crippen LogP contribution in [0.1, 0.15) is 11.1 Å². The Bertz CT molecular complexity index is 814. The molecule has 94 valence electrons. The highest BCUT2D eigenvalue weighted by atomic mass is 16.4. The van der Waals surface area contributed by atoms with Gasteiger partial charge in [0.1, 0.15) is 5.58 Å². The molecule has 0 atom stereocenters. The maximum absolute atomic E-state index is 11.6. The van der Waals surface area contributed by atoms with E-state index in [2.05, 4.69) is 5.32 Å². The first-order chi connectivity index (χ1) is 9.04. The molecule has 2 aromatic rings. The van der Waals surface area contributed by atoms with Crippen molar-refractivity contribution in [1.29, 1.82) is 0 Å². The van der Waals surface area contributed by atoms with Crippen molar-refractivity contribution < 1.29 is 14.0 Å². The standard InChI is InChI=1S/C14H9NO4/c1-7-4-13(17)19-11-5-8(2-3-9(7)11)10-6-12(16)15-14(10)18/h2-6H,1H3,(H,15,16,18). The fourth-order valence-electron chi connectivity index (χ4n) is 2.12. The van der Waals surface area contributed by atoms with Crippen molar-refractivity contribution in [2.45, 2.75) is 6.92 Å². The third-order valence-electron chi connectivity index (χ3n) is 3.02. The molecule has 1 aromatic carbocycles. The van der Waals surface area contributed by atoms with Gasteiger partial charge in [-0.1, -0.05) is 12.1 Å². The Labute approximate surface area is 107 Å². The quantitative estimate of drug-likeness (QED) is 0.612. The molecular formula is C14H9NO4. The Kier molecular flexibility index (Phi) is 2.35. The third-order valence-corrected chi connectivity index (χ3v) is 3.02. The fourth-order valence-corrected chi connectivity index (χ4v) is 2.12. The molecule has 5 nitrogen and oxygen atoms in total. The molecule has 5 heteroatoms. The number of amides is 2. The van der Waals surface area contributed by atoms with Crippen molar-refractivity contribution in [3.05, 3.63) is 51.9 Å². The minimum absolute atomic E-state index is 0.274. The van der Waals surface area contributed by atoms with Crippen LogP contribution in [0.15, 0.2) is 39.6 Å². The van der Waals surface area contributed by atoms with E-state index < -0.39 is 17.4 Å². The van der Waals surface area contributed by atoms with Gasteiger partial charge in [-0.2, -0.15) is 0 Å². The van der Waals surface area contributed by atoms with Crippen LogP contribution in [-0.4, -0.2) is 11.8 Å². The van der Waals surface area contributed by atoms with Gasteiger partial charge in [0.15, 0.2) is 0 Å². The van der Waals surface area contributed by atoms with Gasteiger partial charge in [-0.3, -0.25) is 14.9 Å². The van der Waals surface area contributed by atoms with Crippen molar-refractivity contribution in [2.24, 2.45) is 0 Å². The number of aryl methyl sites for hydroxylation is 1. The van der Waals surface area contributed by atoms with Crippen LogP contribution in [0, 0.1) is 6.92 Å².